The van der Waals surface area contributed by atoms with Gasteiger partial charge in [0.15, 0.2) is 0 Å². The Morgan fingerprint density at radius 2 is 1.50 bits per heavy atom. The molecule has 2 saturated heterocycles. The van der Waals surface area contributed by atoms with Crippen molar-refractivity contribution in [3.8, 4) is 0 Å². The Hall–Kier alpha value is -1.51. The highest BCUT2D eigenvalue weighted by molar-refractivity contribution is 7.99. The van der Waals surface area contributed by atoms with Crippen LogP contribution in [0.25, 0.3) is 0 Å². The van der Waals surface area contributed by atoms with Crippen LogP contribution in [0, 0.1) is 0 Å². The number of likely N-dealkylation sites (N-methyl/N-ethyl adjacent to an activating group) is 1. The fourth-order valence-corrected chi connectivity index (χ4v) is 7.45. The molecule has 3 heterocycles. The summed E-state index contributed by atoms with van der Waals surface area (Å²) in [6.45, 7) is 5.40. The number of fused-ring (bicyclic) bond motifs is 2. The van der Waals surface area contributed by atoms with Gasteiger partial charge >= 0.3 is 0 Å². The molecule has 0 amide bonds. The van der Waals surface area contributed by atoms with Crippen LogP contribution in [0.5, 0.6) is 0 Å². The molecule has 200 valence electrons. The fourth-order valence-electron chi connectivity index (χ4n) is 4.79. The summed E-state index contributed by atoms with van der Waals surface area (Å²) in [5, 5.41) is 0. The van der Waals surface area contributed by atoms with Crippen molar-refractivity contribution in [3.05, 3.63) is 53.6 Å². The normalized spacial score (nSPS) is 21.4. The van der Waals surface area contributed by atoms with E-state index in [4.69, 9.17) is 4.55 Å². The molecule has 3 aliphatic heterocycles. The molecule has 3 N–H and O–H groups in total. The van der Waals surface area contributed by atoms with Gasteiger partial charge in [-0.3, -0.25) is 9.45 Å². The Bertz CT molecular complexity index is 1250. The molecule has 5 rings (SSSR count). The first kappa shape index (κ1) is 29.1. The number of hydrogen-bond donors (Lipinski definition) is 1. The summed E-state index contributed by atoms with van der Waals surface area (Å²) in [6, 6.07) is 14.6. The van der Waals surface area contributed by atoms with Gasteiger partial charge in [0.1, 0.15) is 0 Å². The minimum absolute atomic E-state index is 0. The summed E-state index contributed by atoms with van der Waals surface area (Å²) in [5.41, 5.74) is 2.52. The van der Waals surface area contributed by atoms with Gasteiger partial charge in [-0.25, -0.2) is 8.42 Å². The summed E-state index contributed by atoms with van der Waals surface area (Å²) in [5.74, 6) is 0. The zero-order chi connectivity index (χ0) is 25.2. The lowest BCUT2D eigenvalue weighted by atomic mass is 9.96. The topological polar surface area (TPSA) is 130 Å². The van der Waals surface area contributed by atoms with Crippen molar-refractivity contribution in [2.75, 3.05) is 52.6 Å². The van der Waals surface area contributed by atoms with Crippen LogP contribution in [0.2, 0.25) is 0 Å². The second-order valence-electron chi connectivity index (χ2n) is 9.31. The Balaban J connectivity index is 0.000000551. The third-order valence-electron chi connectivity index (χ3n) is 6.63. The molecule has 3 aliphatic rings. The number of hydrogen-bond acceptors (Lipinski definition) is 7. The van der Waals surface area contributed by atoms with E-state index < -0.39 is 20.1 Å². The monoisotopic (exact) mass is 557 g/mol. The molecule has 36 heavy (non-hydrogen) atoms. The van der Waals surface area contributed by atoms with Crippen LogP contribution in [-0.2, 0) is 26.6 Å². The second-order valence-corrected chi connectivity index (χ2v) is 13.8. The Morgan fingerprint density at radius 1 is 0.889 bits per heavy atom. The average molecular weight is 558 g/mol. The maximum Gasteiger partial charge on any atom is 0.261 e. The minimum Gasteiger partial charge on any atom is -0.412 e. The molecular formula is C24H35N3O6S3. The van der Waals surface area contributed by atoms with Gasteiger partial charge in [-0.05, 0) is 61.7 Å². The maximum absolute atomic E-state index is 13.2. The van der Waals surface area contributed by atoms with E-state index in [1.165, 1.54) is 20.9 Å². The molecule has 0 spiro atoms. The molecular weight excluding hydrogens is 522 g/mol. The van der Waals surface area contributed by atoms with Crippen molar-refractivity contribution in [2.24, 2.45) is 0 Å². The third kappa shape index (κ3) is 7.07. The molecule has 2 aromatic carbocycles. The Labute approximate surface area is 218 Å². The van der Waals surface area contributed by atoms with Gasteiger partial charge in [-0.1, -0.05) is 30.0 Å². The van der Waals surface area contributed by atoms with Gasteiger partial charge in [-0.2, -0.15) is 12.7 Å². The molecule has 2 aromatic rings. The van der Waals surface area contributed by atoms with Crippen molar-refractivity contribution in [2.45, 2.75) is 40.0 Å². The van der Waals surface area contributed by atoms with Crippen LogP contribution in [0.1, 0.15) is 30.0 Å². The van der Waals surface area contributed by atoms with E-state index in [9.17, 15) is 16.8 Å². The van der Waals surface area contributed by atoms with Crippen LogP contribution < -0.4 is 0 Å². The zero-order valence-electron chi connectivity index (χ0n) is 20.6. The number of sulfonamides is 1. The van der Waals surface area contributed by atoms with E-state index in [1.54, 1.807) is 16.1 Å². The Kier molecular flexibility index (Phi) is 9.61. The quantitative estimate of drug-likeness (QED) is 0.569. The SMILES string of the molecule is CN1CCN(C2Cc3ccccc3Sc3ccc(S(=O)(=O)N4CCCC4)cc32)CC1.CS(=O)(=O)O.O. The largest absolute Gasteiger partial charge is 0.412 e. The van der Waals surface area contributed by atoms with Crippen LogP contribution in [-0.4, -0.2) is 93.5 Å². The predicted octanol–water partition coefficient (Wildman–Crippen LogP) is 2.15. The van der Waals surface area contributed by atoms with Crippen molar-refractivity contribution in [1.29, 1.82) is 0 Å². The standard InChI is InChI=1S/C23H29N3O2S2.CH4O3S.H2O/c1-24-12-14-25(15-13-24)21-16-18-6-2-3-7-22(18)29-23-9-8-19(17-20(21)23)30(27,28)26-10-4-5-11-26;1-5(2,3)4;/h2-3,6-9,17,21H,4-5,10-16H2,1H3;1H3,(H,2,3,4);1H2. The molecule has 0 aliphatic carbocycles. The molecule has 9 nitrogen and oxygen atoms in total. The van der Waals surface area contributed by atoms with Gasteiger partial charge in [0.2, 0.25) is 10.0 Å². The summed E-state index contributed by atoms with van der Waals surface area (Å²) in [4.78, 5) is 7.84. The van der Waals surface area contributed by atoms with E-state index in [-0.39, 0.29) is 11.5 Å². The lowest BCUT2D eigenvalue weighted by Crippen LogP contribution is -2.46. The van der Waals surface area contributed by atoms with Gasteiger partial charge in [0.05, 0.1) is 11.2 Å². The van der Waals surface area contributed by atoms with E-state index in [0.717, 1.165) is 45.4 Å². The van der Waals surface area contributed by atoms with Gasteiger partial charge in [0.25, 0.3) is 10.1 Å². The van der Waals surface area contributed by atoms with Crippen molar-refractivity contribution in [1.82, 2.24) is 14.1 Å². The van der Waals surface area contributed by atoms with Crippen molar-refractivity contribution < 1.29 is 26.9 Å². The first-order chi connectivity index (χ1) is 16.5. The number of piperazine rings is 1. The summed E-state index contributed by atoms with van der Waals surface area (Å²) < 4.78 is 54.0. The van der Waals surface area contributed by atoms with Gasteiger partial charge in [-0.15, -0.1) is 0 Å². The first-order valence-electron chi connectivity index (χ1n) is 11.8. The van der Waals surface area contributed by atoms with E-state index in [1.807, 2.05) is 18.2 Å². The van der Waals surface area contributed by atoms with Gasteiger partial charge < -0.3 is 10.4 Å². The average Bonchev–Trinajstić information content (AvgIpc) is 3.29. The molecule has 2 fully saturated rings. The summed E-state index contributed by atoms with van der Waals surface area (Å²) in [7, 11) is -4.91. The molecule has 1 unspecified atom stereocenters. The number of nitrogens with zero attached hydrogens (tertiary/aromatic N) is 3. The molecule has 0 saturated carbocycles. The lowest BCUT2D eigenvalue weighted by Gasteiger charge is -2.38. The molecule has 0 bridgehead atoms. The number of rotatable bonds is 3. The van der Waals surface area contributed by atoms with E-state index in [0.29, 0.717) is 24.2 Å². The highest BCUT2D eigenvalue weighted by Gasteiger charge is 2.32. The number of benzene rings is 2. The maximum atomic E-state index is 13.2. The van der Waals surface area contributed by atoms with E-state index in [2.05, 4.69) is 41.1 Å². The smallest absolute Gasteiger partial charge is 0.261 e. The highest BCUT2D eigenvalue weighted by atomic mass is 32.2. The minimum atomic E-state index is -3.67. The molecule has 0 radical (unpaired) electrons. The summed E-state index contributed by atoms with van der Waals surface area (Å²) in [6.07, 6.45) is 3.55. The van der Waals surface area contributed by atoms with E-state index >= 15 is 0 Å². The van der Waals surface area contributed by atoms with Crippen LogP contribution in [0.3, 0.4) is 0 Å². The molecule has 1 atom stereocenters. The van der Waals surface area contributed by atoms with Crippen molar-refractivity contribution >= 4 is 31.9 Å². The zero-order valence-corrected chi connectivity index (χ0v) is 23.1. The molecule has 12 heteroatoms. The summed E-state index contributed by atoms with van der Waals surface area (Å²) >= 11 is 1.78. The second kappa shape index (κ2) is 11.9. The third-order valence-corrected chi connectivity index (χ3v) is 9.73. The predicted molar refractivity (Wildman–Crippen MR) is 142 cm³/mol. The van der Waals surface area contributed by atoms with Crippen LogP contribution in [0.4, 0.5) is 0 Å². The highest BCUT2D eigenvalue weighted by Crippen LogP contribution is 2.44. The first-order valence-corrected chi connectivity index (χ1v) is 15.9. The van der Waals surface area contributed by atoms with Crippen LogP contribution in [0.15, 0.2) is 57.2 Å². The molecule has 0 aromatic heterocycles. The van der Waals surface area contributed by atoms with Crippen molar-refractivity contribution in [3.63, 3.8) is 0 Å². The fraction of sp³-hybridized carbons (Fsp3) is 0.500. The van der Waals surface area contributed by atoms with Gasteiger partial charge in [0, 0.05) is 55.1 Å². The Morgan fingerprint density at radius 3 is 2.14 bits per heavy atom. The van der Waals surface area contributed by atoms with Crippen LogP contribution >= 0.6 is 11.8 Å². The lowest BCUT2D eigenvalue weighted by molar-refractivity contribution is 0.109.